The molecule has 3 N–H and O–H groups in total. The van der Waals surface area contributed by atoms with Crippen LogP contribution in [0.5, 0.6) is 0 Å². The van der Waals surface area contributed by atoms with E-state index in [0.29, 0.717) is 24.9 Å². The zero-order valence-electron chi connectivity index (χ0n) is 14.9. The third kappa shape index (κ3) is 3.60. The minimum Gasteiger partial charge on any atom is -0.353 e. The molecule has 1 saturated heterocycles. The topological polar surface area (TPSA) is 92.5 Å². The Kier molecular flexibility index (Phi) is 4.84. The molecule has 0 radical (unpaired) electrons. The normalized spacial score (nSPS) is 37.6. The van der Waals surface area contributed by atoms with Crippen molar-refractivity contribution in [3.8, 4) is 0 Å². The molecule has 6 nitrogen and oxygen atoms in total. The van der Waals surface area contributed by atoms with Crippen LogP contribution >= 0.6 is 0 Å². The zero-order chi connectivity index (χ0) is 17.6. The molecule has 2 bridgehead atoms. The predicted octanol–water partition coefficient (Wildman–Crippen LogP) is 1.21. The summed E-state index contributed by atoms with van der Waals surface area (Å²) >= 11 is 0. The SMILES string of the molecule is NC1C2CCCC1CC(C(=O)NC1CCN(S(=O)(=O)C3CC3)CC1)C2. The van der Waals surface area contributed by atoms with Crippen LogP contribution in [0.2, 0.25) is 0 Å². The first-order valence-electron chi connectivity index (χ1n) is 10.00. The summed E-state index contributed by atoms with van der Waals surface area (Å²) in [5.74, 6) is 1.29. The lowest BCUT2D eigenvalue weighted by Gasteiger charge is -2.44. The van der Waals surface area contributed by atoms with Crippen LogP contribution in [0.15, 0.2) is 0 Å². The highest BCUT2D eigenvalue weighted by atomic mass is 32.2. The summed E-state index contributed by atoms with van der Waals surface area (Å²) in [5, 5.41) is 3.07. The quantitative estimate of drug-likeness (QED) is 0.779. The molecule has 2 unspecified atom stereocenters. The Morgan fingerprint density at radius 3 is 2.12 bits per heavy atom. The summed E-state index contributed by atoms with van der Waals surface area (Å²) < 4.78 is 26.2. The van der Waals surface area contributed by atoms with Gasteiger partial charge in [0, 0.05) is 31.1 Å². The van der Waals surface area contributed by atoms with Gasteiger partial charge in [0.2, 0.25) is 15.9 Å². The first-order chi connectivity index (χ1) is 11.9. The van der Waals surface area contributed by atoms with Crippen molar-refractivity contribution in [1.82, 2.24) is 9.62 Å². The minimum atomic E-state index is -3.07. The fraction of sp³-hybridized carbons (Fsp3) is 0.944. The van der Waals surface area contributed by atoms with Crippen molar-refractivity contribution in [2.75, 3.05) is 13.1 Å². The summed E-state index contributed by atoms with van der Waals surface area (Å²) in [4.78, 5) is 12.7. The van der Waals surface area contributed by atoms with Crippen molar-refractivity contribution >= 4 is 15.9 Å². The van der Waals surface area contributed by atoms with Crippen LogP contribution < -0.4 is 11.1 Å². The standard InChI is InChI=1S/C18H31N3O3S/c19-17-12-2-1-3-13(17)11-14(10-12)18(22)20-15-6-8-21(9-7-15)25(23,24)16-4-5-16/h12-17H,1-11,19H2,(H,20,22). The molecule has 3 saturated carbocycles. The molecule has 2 atom stereocenters. The number of amides is 1. The van der Waals surface area contributed by atoms with E-state index in [1.165, 1.54) is 19.3 Å². The molecular formula is C18H31N3O3S. The lowest BCUT2D eigenvalue weighted by molar-refractivity contribution is -0.128. The fourth-order valence-electron chi connectivity index (χ4n) is 5.15. The molecular weight excluding hydrogens is 338 g/mol. The highest BCUT2D eigenvalue weighted by Crippen LogP contribution is 2.42. The smallest absolute Gasteiger partial charge is 0.223 e. The van der Waals surface area contributed by atoms with E-state index < -0.39 is 10.0 Å². The molecule has 1 amide bonds. The molecule has 1 heterocycles. The van der Waals surface area contributed by atoms with E-state index in [4.69, 9.17) is 5.73 Å². The van der Waals surface area contributed by atoms with Gasteiger partial charge in [-0.3, -0.25) is 4.79 Å². The Balaban J connectivity index is 1.28. The molecule has 3 aliphatic carbocycles. The van der Waals surface area contributed by atoms with Crippen molar-refractivity contribution < 1.29 is 13.2 Å². The number of hydrogen-bond donors (Lipinski definition) is 2. The van der Waals surface area contributed by atoms with Crippen molar-refractivity contribution in [1.29, 1.82) is 0 Å². The first kappa shape index (κ1) is 17.7. The second-order valence-corrected chi connectivity index (χ2v) is 10.8. The van der Waals surface area contributed by atoms with Crippen molar-refractivity contribution in [3.05, 3.63) is 0 Å². The summed E-state index contributed by atoms with van der Waals surface area (Å²) in [6, 6.07) is 0.405. The third-order valence-corrected chi connectivity index (χ3v) is 9.29. The van der Waals surface area contributed by atoms with Gasteiger partial charge >= 0.3 is 0 Å². The Morgan fingerprint density at radius 1 is 0.960 bits per heavy atom. The maximum atomic E-state index is 12.7. The molecule has 4 fully saturated rings. The number of carbonyl (C=O) groups excluding carboxylic acids is 1. The molecule has 142 valence electrons. The fourth-order valence-corrected chi connectivity index (χ4v) is 7.03. The Bertz CT molecular complexity index is 597. The van der Waals surface area contributed by atoms with Gasteiger partial charge in [0.25, 0.3) is 0 Å². The van der Waals surface area contributed by atoms with Crippen LogP contribution in [0.4, 0.5) is 0 Å². The molecule has 0 aromatic rings. The number of nitrogens with two attached hydrogens (primary N) is 1. The Morgan fingerprint density at radius 2 is 1.56 bits per heavy atom. The van der Waals surface area contributed by atoms with Gasteiger partial charge in [0.1, 0.15) is 0 Å². The number of nitrogens with zero attached hydrogens (tertiary/aromatic N) is 1. The van der Waals surface area contributed by atoms with E-state index in [2.05, 4.69) is 5.32 Å². The van der Waals surface area contributed by atoms with Crippen LogP contribution in [0.3, 0.4) is 0 Å². The summed E-state index contributed by atoms with van der Waals surface area (Å²) in [7, 11) is -3.07. The van der Waals surface area contributed by atoms with Crippen molar-refractivity contribution in [3.63, 3.8) is 0 Å². The van der Waals surface area contributed by atoms with Crippen LogP contribution in [-0.4, -0.2) is 49.1 Å². The van der Waals surface area contributed by atoms with Gasteiger partial charge in [-0.25, -0.2) is 12.7 Å². The number of hydrogen-bond acceptors (Lipinski definition) is 4. The monoisotopic (exact) mass is 369 g/mol. The molecule has 0 aromatic carbocycles. The van der Waals surface area contributed by atoms with E-state index in [0.717, 1.165) is 38.5 Å². The van der Waals surface area contributed by atoms with Gasteiger partial charge in [-0.1, -0.05) is 6.42 Å². The lowest BCUT2D eigenvalue weighted by atomic mass is 9.65. The van der Waals surface area contributed by atoms with E-state index in [1.54, 1.807) is 4.31 Å². The number of fused-ring (bicyclic) bond motifs is 2. The third-order valence-electron chi connectivity index (χ3n) is 6.89. The molecule has 7 heteroatoms. The van der Waals surface area contributed by atoms with Crippen LogP contribution in [-0.2, 0) is 14.8 Å². The van der Waals surface area contributed by atoms with Crippen molar-refractivity contribution in [2.45, 2.75) is 75.1 Å². The van der Waals surface area contributed by atoms with Crippen LogP contribution in [0.25, 0.3) is 0 Å². The van der Waals surface area contributed by atoms with E-state index >= 15 is 0 Å². The van der Waals surface area contributed by atoms with Gasteiger partial charge < -0.3 is 11.1 Å². The minimum absolute atomic E-state index is 0.100. The highest BCUT2D eigenvalue weighted by Gasteiger charge is 2.43. The van der Waals surface area contributed by atoms with Crippen LogP contribution in [0, 0.1) is 17.8 Å². The van der Waals surface area contributed by atoms with E-state index in [-0.39, 0.29) is 29.2 Å². The van der Waals surface area contributed by atoms with E-state index in [9.17, 15) is 13.2 Å². The summed E-state index contributed by atoms with van der Waals surface area (Å²) in [5.41, 5.74) is 6.32. The van der Waals surface area contributed by atoms with Gasteiger partial charge in [-0.05, 0) is 63.2 Å². The van der Waals surface area contributed by atoms with Gasteiger partial charge in [0.15, 0.2) is 0 Å². The van der Waals surface area contributed by atoms with Crippen molar-refractivity contribution in [2.24, 2.45) is 23.5 Å². The summed E-state index contributed by atoms with van der Waals surface area (Å²) in [6.45, 7) is 1.09. The second-order valence-electron chi connectivity index (χ2n) is 8.62. The predicted molar refractivity (Wildman–Crippen MR) is 96.2 cm³/mol. The number of sulfonamides is 1. The molecule has 4 rings (SSSR count). The lowest BCUT2D eigenvalue weighted by Crippen LogP contribution is -2.52. The van der Waals surface area contributed by atoms with Gasteiger partial charge in [-0.15, -0.1) is 0 Å². The average molecular weight is 370 g/mol. The maximum absolute atomic E-state index is 12.7. The molecule has 25 heavy (non-hydrogen) atoms. The molecule has 0 spiro atoms. The van der Waals surface area contributed by atoms with Gasteiger partial charge in [0.05, 0.1) is 5.25 Å². The number of piperidine rings is 1. The molecule has 4 aliphatic rings. The maximum Gasteiger partial charge on any atom is 0.223 e. The Labute approximate surface area is 150 Å². The number of carbonyl (C=O) groups is 1. The second kappa shape index (κ2) is 6.82. The summed E-state index contributed by atoms with van der Waals surface area (Å²) in [6.07, 6.45) is 8.53. The average Bonchev–Trinajstić information content (AvgIpc) is 3.40. The largest absolute Gasteiger partial charge is 0.353 e. The Hall–Kier alpha value is -0.660. The number of nitrogens with one attached hydrogen (secondary N) is 1. The van der Waals surface area contributed by atoms with Gasteiger partial charge in [-0.2, -0.15) is 0 Å². The molecule has 1 aliphatic heterocycles. The number of rotatable bonds is 4. The van der Waals surface area contributed by atoms with E-state index in [1.807, 2.05) is 0 Å². The molecule has 0 aromatic heterocycles. The highest BCUT2D eigenvalue weighted by molar-refractivity contribution is 7.90. The zero-order valence-corrected chi connectivity index (χ0v) is 15.7. The first-order valence-corrected chi connectivity index (χ1v) is 11.5. The van der Waals surface area contributed by atoms with Crippen LogP contribution in [0.1, 0.15) is 57.8 Å².